The van der Waals surface area contributed by atoms with E-state index in [0.717, 1.165) is 56.9 Å². The number of anilines is 1. The quantitative estimate of drug-likeness (QED) is 0.190. The summed E-state index contributed by atoms with van der Waals surface area (Å²) < 4.78 is 2.21. The number of halogens is 2. The summed E-state index contributed by atoms with van der Waals surface area (Å²) in [6.45, 7) is 7.58. The molecule has 0 spiro atoms. The number of carbonyl (C=O) groups is 1. The lowest BCUT2D eigenvalue weighted by Gasteiger charge is -2.33. The molecule has 0 unspecified atom stereocenters. The fourth-order valence-electron chi connectivity index (χ4n) is 5.81. The van der Waals surface area contributed by atoms with Gasteiger partial charge in [-0.05, 0) is 78.1 Å². The van der Waals surface area contributed by atoms with Gasteiger partial charge in [0, 0.05) is 56.0 Å². The number of thiophene rings is 1. The minimum absolute atomic E-state index is 0.127. The van der Waals surface area contributed by atoms with E-state index in [1.165, 1.54) is 4.88 Å². The monoisotopic (exact) mass is 613 g/mol. The van der Waals surface area contributed by atoms with E-state index in [1.807, 2.05) is 48.7 Å². The fraction of sp³-hybridized carbons (Fsp3) is 0.257. The molecule has 1 aliphatic carbocycles. The standard InChI is InChI=1S/C35H33Cl2N3OS/c1-35(2,3)24-12-17-28-31(18-24)42-34(32(28)33(41)39-26-15-13-25(36)14-16-26)38-19-23-21-40(30-11-7-5-9-27(23)30)20-22-8-4-6-10-29(22)37/h4-11,13-16,19,21,24H,12,17-18,20H2,1-3H3,(H,39,41)/t24-/m0/s1. The normalized spacial score (nSPS) is 15.3. The molecule has 214 valence electrons. The van der Waals surface area contributed by atoms with Crippen LogP contribution in [0.15, 0.2) is 84.0 Å². The Labute approximate surface area is 261 Å². The number of nitrogens with one attached hydrogen (secondary N) is 1. The Hall–Kier alpha value is -3.38. The number of benzene rings is 3. The summed E-state index contributed by atoms with van der Waals surface area (Å²) in [5.74, 6) is 0.438. The van der Waals surface area contributed by atoms with Gasteiger partial charge in [0.25, 0.3) is 5.91 Å². The van der Waals surface area contributed by atoms with Crippen molar-refractivity contribution >= 4 is 68.3 Å². The van der Waals surface area contributed by atoms with E-state index < -0.39 is 0 Å². The lowest BCUT2D eigenvalue weighted by atomic mass is 9.72. The number of nitrogens with zero attached hydrogens (tertiary/aromatic N) is 2. The van der Waals surface area contributed by atoms with E-state index >= 15 is 0 Å². The molecular weight excluding hydrogens is 581 g/mol. The first kappa shape index (κ1) is 28.7. The molecule has 3 aromatic carbocycles. The minimum atomic E-state index is -0.127. The molecule has 1 aliphatic rings. The first-order valence-electron chi connectivity index (χ1n) is 14.2. The summed E-state index contributed by atoms with van der Waals surface area (Å²) in [6.07, 6.45) is 6.94. The third-order valence-corrected chi connectivity index (χ3v) is 10.0. The van der Waals surface area contributed by atoms with Crippen LogP contribution in [0.4, 0.5) is 10.7 Å². The number of hydrogen-bond donors (Lipinski definition) is 1. The number of carbonyl (C=O) groups excluding carboxylic acids is 1. The van der Waals surface area contributed by atoms with Crippen molar-refractivity contribution in [3.05, 3.63) is 116 Å². The van der Waals surface area contributed by atoms with Crippen LogP contribution in [0.25, 0.3) is 10.9 Å². The van der Waals surface area contributed by atoms with Gasteiger partial charge in [0.1, 0.15) is 5.00 Å². The van der Waals surface area contributed by atoms with Crippen LogP contribution in [0.1, 0.15) is 59.1 Å². The summed E-state index contributed by atoms with van der Waals surface area (Å²) in [5.41, 5.74) is 5.92. The van der Waals surface area contributed by atoms with Crippen LogP contribution >= 0.6 is 34.5 Å². The van der Waals surface area contributed by atoms with Crippen LogP contribution in [0.5, 0.6) is 0 Å². The van der Waals surface area contributed by atoms with Crippen molar-refractivity contribution in [2.75, 3.05) is 5.32 Å². The highest BCUT2D eigenvalue weighted by Crippen LogP contribution is 2.45. The first-order chi connectivity index (χ1) is 20.2. The van der Waals surface area contributed by atoms with Gasteiger partial charge >= 0.3 is 0 Å². The van der Waals surface area contributed by atoms with Gasteiger partial charge in [-0.15, -0.1) is 11.3 Å². The molecule has 2 aromatic heterocycles. The second kappa shape index (κ2) is 11.7. The van der Waals surface area contributed by atoms with E-state index in [-0.39, 0.29) is 11.3 Å². The number of para-hydroxylation sites is 1. The topological polar surface area (TPSA) is 46.4 Å². The maximum absolute atomic E-state index is 13.8. The maximum Gasteiger partial charge on any atom is 0.259 e. The average molecular weight is 615 g/mol. The second-order valence-corrected chi connectivity index (χ2v) is 14.0. The number of amides is 1. The summed E-state index contributed by atoms with van der Waals surface area (Å²) in [4.78, 5) is 20.0. The molecule has 0 aliphatic heterocycles. The van der Waals surface area contributed by atoms with E-state index in [9.17, 15) is 4.79 Å². The Bertz CT molecular complexity index is 1790. The molecule has 0 fully saturated rings. The van der Waals surface area contributed by atoms with Gasteiger partial charge in [0.05, 0.1) is 5.56 Å². The van der Waals surface area contributed by atoms with Crippen LogP contribution in [0, 0.1) is 11.3 Å². The zero-order valence-corrected chi connectivity index (χ0v) is 26.3. The third-order valence-electron chi connectivity index (χ3n) is 8.24. The molecule has 1 amide bonds. The second-order valence-electron chi connectivity index (χ2n) is 12.0. The molecule has 2 heterocycles. The van der Waals surface area contributed by atoms with Crippen molar-refractivity contribution in [2.45, 2.75) is 46.6 Å². The Balaban J connectivity index is 1.38. The van der Waals surface area contributed by atoms with Crippen molar-refractivity contribution in [1.29, 1.82) is 0 Å². The highest BCUT2D eigenvalue weighted by molar-refractivity contribution is 7.16. The van der Waals surface area contributed by atoms with Crippen LogP contribution in [0.3, 0.4) is 0 Å². The lowest BCUT2D eigenvalue weighted by molar-refractivity contribution is 0.102. The summed E-state index contributed by atoms with van der Waals surface area (Å²) in [6, 6.07) is 23.5. The molecule has 4 nitrogen and oxygen atoms in total. The van der Waals surface area contributed by atoms with E-state index in [1.54, 1.807) is 23.5 Å². The molecule has 0 radical (unpaired) electrons. The van der Waals surface area contributed by atoms with Crippen LogP contribution < -0.4 is 5.32 Å². The van der Waals surface area contributed by atoms with Crippen molar-refractivity contribution < 1.29 is 4.79 Å². The predicted molar refractivity (Wildman–Crippen MR) is 178 cm³/mol. The number of aromatic nitrogens is 1. The zero-order valence-electron chi connectivity index (χ0n) is 24.0. The van der Waals surface area contributed by atoms with Gasteiger partial charge in [0.2, 0.25) is 0 Å². The van der Waals surface area contributed by atoms with E-state index in [4.69, 9.17) is 28.2 Å². The highest BCUT2D eigenvalue weighted by Gasteiger charge is 2.33. The third kappa shape index (κ3) is 5.92. The molecule has 0 bridgehead atoms. The van der Waals surface area contributed by atoms with E-state index in [2.05, 4.69) is 55.1 Å². The largest absolute Gasteiger partial charge is 0.342 e. The Kier molecular flexibility index (Phi) is 8.01. The molecule has 7 heteroatoms. The van der Waals surface area contributed by atoms with Gasteiger partial charge in [-0.2, -0.15) is 0 Å². The van der Waals surface area contributed by atoms with Crippen molar-refractivity contribution in [2.24, 2.45) is 16.3 Å². The number of hydrogen-bond acceptors (Lipinski definition) is 3. The Morgan fingerprint density at radius 2 is 1.79 bits per heavy atom. The predicted octanol–water partition coefficient (Wildman–Crippen LogP) is 10.2. The lowest BCUT2D eigenvalue weighted by Crippen LogP contribution is -2.27. The Morgan fingerprint density at radius 3 is 2.55 bits per heavy atom. The molecule has 42 heavy (non-hydrogen) atoms. The van der Waals surface area contributed by atoms with Crippen LogP contribution in [-0.4, -0.2) is 16.7 Å². The molecule has 0 saturated carbocycles. The van der Waals surface area contributed by atoms with Crippen molar-refractivity contribution in [1.82, 2.24) is 4.57 Å². The van der Waals surface area contributed by atoms with Gasteiger partial charge in [0.15, 0.2) is 0 Å². The van der Waals surface area contributed by atoms with Crippen LogP contribution in [0.2, 0.25) is 10.0 Å². The molecule has 1 atom stereocenters. The first-order valence-corrected chi connectivity index (χ1v) is 15.8. The molecule has 6 rings (SSSR count). The van der Waals surface area contributed by atoms with Gasteiger partial charge in [-0.25, -0.2) is 4.99 Å². The van der Waals surface area contributed by atoms with Gasteiger partial charge < -0.3 is 9.88 Å². The number of aliphatic imine (C=N–C) groups is 1. The van der Waals surface area contributed by atoms with E-state index in [0.29, 0.717) is 28.7 Å². The van der Waals surface area contributed by atoms with Crippen molar-refractivity contribution in [3.8, 4) is 0 Å². The summed E-state index contributed by atoms with van der Waals surface area (Å²) >= 11 is 14.2. The molecule has 5 aromatic rings. The Morgan fingerprint density at radius 1 is 1.05 bits per heavy atom. The summed E-state index contributed by atoms with van der Waals surface area (Å²) in [7, 11) is 0. The average Bonchev–Trinajstić information content (AvgIpc) is 3.51. The fourth-order valence-corrected chi connectivity index (χ4v) is 7.40. The molecule has 1 N–H and O–H groups in total. The maximum atomic E-state index is 13.8. The molecule has 0 saturated heterocycles. The minimum Gasteiger partial charge on any atom is -0.342 e. The van der Waals surface area contributed by atoms with Gasteiger partial charge in [-0.1, -0.05) is 80.4 Å². The summed E-state index contributed by atoms with van der Waals surface area (Å²) in [5, 5.41) is 6.33. The number of fused-ring (bicyclic) bond motifs is 2. The van der Waals surface area contributed by atoms with Crippen LogP contribution in [-0.2, 0) is 19.4 Å². The molecular formula is C35H33Cl2N3OS. The zero-order chi connectivity index (χ0) is 29.4. The highest BCUT2D eigenvalue weighted by atomic mass is 35.5. The van der Waals surface area contributed by atoms with Crippen molar-refractivity contribution in [3.63, 3.8) is 0 Å². The van der Waals surface area contributed by atoms with Gasteiger partial charge in [-0.3, -0.25) is 4.79 Å². The SMILES string of the molecule is CC(C)(C)[C@H]1CCc2c(sc(N=Cc3cn(Cc4ccccc4Cl)c4ccccc34)c2C(=O)Nc2ccc(Cl)cc2)C1. The number of rotatable bonds is 6. The smallest absolute Gasteiger partial charge is 0.259 e.